The number of nitrogens with one attached hydrogen (secondary N) is 1. The Morgan fingerprint density at radius 2 is 1.84 bits per heavy atom. The highest BCUT2D eigenvalue weighted by atomic mass is 16.2. The van der Waals surface area contributed by atoms with Crippen LogP contribution in [0.25, 0.3) is 16.6 Å². The van der Waals surface area contributed by atoms with Crippen LogP contribution in [0, 0.1) is 0 Å². The summed E-state index contributed by atoms with van der Waals surface area (Å²) in [7, 11) is 0. The normalized spacial score (nSPS) is 15.0. The first kappa shape index (κ1) is 19.5. The molecule has 1 aromatic carbocycles. The molecule has 0 bridgehead atoms. The molecule has 1 aliphatic heterocycles. The number of aryl methyl sites for hydroxylation is 1. The van der Waals surface area contributed by atoms with E-state index in [0.717, 1.165) is 30.7 Å². The van der Waals surface area contributed by atoms with Crippen LogP contribution < -0.4 is 5.56 Å². The summed E-state index contributed by atoms with van der Waals surface area (Å²) in [6.07, 6.45) is 5.00. The van der Waals surface area contributed by atoms with Gasteiger partial charge in [0, 0.05) is 68.5 Å². The average Bonchev–Trinajstić information content (AvgIpc) is 3.21. The number of para-hydroxylation sites is 1. The van der Waals surface area contributed by atoms with Crippen molar-refractivity contribution in [3.05, 3.63) is 82.5 Å². The number of carbonyl (C=O) groups is 1. The van der Waals surface area contributed by atoms with Gasteiger partial charge in [0.25, 0.3) is 5.56 Å². The number of hydrogen-bond acceptors (Lipinski definition) is 4. The molecule has 158 valence electrons. The molecular formula is C24H25N5O2. The predicted molar refractivity (Wildman–Crippen MR) is 120 cm³/mol. The van der Waals surface area contributed by atoms with Crippen molar-refractivity contribution in [1.29, 1.82) is 0 Å². The molecule has 31 heavy (non-hydrogen) atoms. The molecule has 0 atom stereocenters. The quantitative estimate of drug-likeness (QED) is 0.543. The smallest absolute Gasteiger partial charge is 0.258 e. The third kappa shape index (κ3) is 4.09. The second kappa shape index (κ2) is 8.35. The number of rotatable bonds is 5. The molecule has 7 nitrogen and oxygen atoms in total. The molecule has 5 rings (SSSR count). The molecule has 0 aliphatic carbocycles. The van der Waals surface area contributed by atoms with Gasteiger partial charge in [0.15, 0.2) is 0 Å². The predicted octanol–water partition coefficient (Wildman–Crippen LogP) is 2.45. The first-order valence-electron chi connectivity index (χ1n) is 10.7. The standard InChI is InChI=1S/C24H25N5O2/c30-23(9-8-18-16-25-21-6-2-1-5-20(18)21)28-13-11-27(12-14-28)17-19-15-24(31)29-10-4-3-7-22(29)26-19/h1-7,10,15-16,25H,8-9,11-14,17H2. The van der Waals surface area contributed by atoms with Crippen molar-refractivity contribution in [3.63, 3.8) is 0 Å². The van der Waals surface area contributed by atoms with E-state index in [-0.39, 0.29) is 11.5 Å². The molecule has 4 aromatic rings. The number of benzene rings is 1. The van der Waals surface area contributed by atoms with Crippen LogP contribution in [0.2, 0.25) is 0 Å². The number of nitrogens with zero attached hydrogens (tertiary/aromatic N) is 4. The van der Waals surface area contributed by atoms with Crippen molar-refractivity contribution in [2.24, 2.45) is 0 Å². The fourth-order valence-electron chi connectivity index (χ4n) is 4.31. The summed E-state index contributed by atoms with van der Waals surface area (Å²) in [4.78, 5) is 37.1. The zero-order valence-electron chi connectivity index (χ0n) is 17.3. The molecule has 1 fully saturated rings. The lowest BCUT2D eigenvalue weighted by molar-refractivity contribution is -0.133. The van der Waals surface area contributed by atoms with E-state index in [1.807, 2.05) is 41.4 Å². The Balaban J connectivity index is 1.16. The highest BCUT2D eigenvalue weighted by Gasteiger charge is 2.21. The largest absolute Gasteiger partial charge is 0.361 e. The lowest BCUT2D eigenvalue weighted by Crippen LogP contribution is -2.48. The van der Waals surface area contributed by atoms with E-state index in [1.165, 1.54) is 10.9 Å². The minimum Gasteiger partial charge on any atom is -0.361 e. The number of hydrogen-bond donors (Lipinski definition) is 1. The zero-order valence-corrected chi connectivity index (χ0v) is 17.3. The van der Waals surface area contributed by atoms with Crippen LogP contribution in [0.4, 0.5) is 0 Å². The Hall–Kier alpha value is -3.45. The van der Waals surface area contributed by atoms with Gasteiger partial charge in [-0.05, 0) is 30.2 Å². The Labute approximate surface area is 179 Å². The molecule has 1 saturated heterocycles. The molecular weight excluding hydrogens is 390 g/mol. The third-order valence-corrected chi connectivity index (χ3v) is 6.02. The SMILES string of the molecule is O=C(CCc1c[nH]c2ccccc12)N1CCN(Cc2cc(=O)n3ccccc3n2)CC1. The summed E-state index contributed by atoms with van der Waals surface area (Å²) in [5, 5.41) is 1.19. The first-order valence-corrected chi connectivity index (χ1v) is 10.7. The number of carbonyl (C=O) groups excluding carboxylic acids is 1. The summed E-state index contributed by atoms with van der Waals surface area (Å²) in [6.45, 7) is 3.61. The highest BCUT2D eigenvalue weighted by Crippen LogP contribution is 2.19. The van der Waals surface area contributed by atoms with Crippen LogP contribution in [0.5, 0.6) is 0 Å². The summed E-state index contributed by atoms with van der Waals surface area (Å²) in [5.41, 5.74) is 3.68. The van der Waals surface area contributed by atoms with Gasteiger partial charge in [-0.15, -0.1) is 0 Å². The van der Waals surface area contributed by atoms with Gasteiger partial charge in [0.05, 0.1) is 5.69 Å². The van der Waals surface area contributed by atoms with Gasteiger partial charge in [0.2, 0.25) is 5.91 Å². The minimum absolute atomic E-state index is 0.0632. The second-order valence-corrected chi connectivity index (χ2v) is 8.03. The summed E-state index contributed by atoms with van der Waals surface area (Å²) in [6, 6.07) is 15.3. The van der Waals surface area contributed by atoms with Crippen LogP contribution in [-0.4, -0.2) is 56.3 Å². The number of amides is 1. The first-order chi connectivity index (χ1) is 15.2. The Kier molecular flexibility index (Phi) is 5.26. The van der Waals surface area contributed by atoms with E-state index in [9.17, 15) is 9.59 Å². The number of aromatic amines is 1. The number of aromatic nitrogens is 3. The number of H-pyrrole nitrogens is 1. The third-order valence-electron chi connectivity index (χ3n) is 6.02. The molecule has 0 spiro atoms. The van der Waals surface area contributed by atoms with E-state index in [0.29, 0.717) is 31.7 Å². The van der Waals surface area contributed by atoms with Gasteiger partial charge in [-0.25, -0.2) is 4.98 Å². The van der Waals surface area contributed by atoms with Crippen LogP contribution in [0.15, 0.2) is 65.7 Å². The van der Waals surface area contributed by atoms with Crippen molar-refractivity contribution < 1.29 is 4.79 Å². The monoisotopic (exact) mass is 415 g/mol. The molecule has 1 N–H and O–H groups in total. The zero-order chi connectivity index (χ0) is 21.2. The Morgan fingerprint density at radius 1 is 1.03 bits per heavy atom. The van der Waals surface area contributed by atoms with Crippen LogP contribution >= 0.6 is 0 Å². The molecule has 0 radical (unpaired) electrons. The van der Waals surface area contributed by atoms with Gasteiger partial charge in [-0.3, -0.25) is 18.9 Å². The van der Waals surface area contributed by atoms with Crippen LogP contribution in [-0.2, 0) is 17.8 Å². The van der Waals surface area contributed by atoms with Crippen LogP contribution in [0.1, 0.15) is 17.7 Å². The summed E-state index contributed by atoms with van der Waals surface area (Å²) >= 11 is 0. The molecule has 1 amide bonds. The Morgan fingerprint density at radius 3 is 2.71 bits per heavy atom. The topological polar surface area (TPSA) is 73.7 Å². The maximum Gasteiger partial charge on any atom is 0.258 e. The van der Waals surface area contributed by atoms with Gasteiger partial charge in [0.1, 0.15) is 5.65 Å². The van der Waals surface area contributed by atoms with E-state index >= 15 is 0 Å². The molecule has 7 heteroatoms. The summed E-state index contributed by atoms with van der Waals surface area (Å²) < 4.78 is 1.55. The molecule has 0 unspecified atom stereocenters. The Bertz CT molecular complexity index is 1280. The molecule has 1 aliphatic rings. The fourth-order valence-corrected chi connectivity index (χ4v) is 4.31. The maximum absolute atomic E-state index is 12.7. The minimum atomic E-state index is -0.0632. The van der Waals surface area contributed by atoms with Gasteiger partial charge >= 0.3 is 0 Å². The number of fused-ring (bicyclic) bond motifs is 2. The van der Waals surface area contributed by atoms with Crippen molar-refractivity contribution in [2.75, 3.05) is 26.2 Å². The van der Waals surface area contributed by atoms with Gasteiger partial charge in [-0.2, -0.15) is 0 Å². The molecule has 3 aromatic heterocycles. The average molecular weight is 415 g/mol. The highest BCUT2D eigenvalue weighted by molar-refractivity contribution is 5.84. The van der Waals surface area contributed by atoms with Gasteiger partial charge in [-0.1, -0.05) is 24.3 Å². The van der Waals surface area contributed by atoms with E-state index < -0.39 is 0 Å². The molecule has 0 saturated carbocycles. The lowest BCUT2D eigenvalue weighted by atomic mass is 10.1. The van der Waals surface area contributed by atoms with Crippen molar-refractivity contribution in [3.8, 4) is 0 Å². The fraction of sp³-hybridized carbons (Fsp3) is 0.292. The summed E-state index contributed by atoms with van der Waals surface area (Å²) in [5.74, 6) is 0.201. The lowest BCUT2D eigenvalue weighted by Gasteiger charge is -2.34. The van der Waals surface area contributed by atoms with E-state index in [1.54, 1.807) is 16.7 Å². The van der Waals surface area contributed by atoms with Crippen molar-refractivity contribution in [2.45, 2.75) is 19.4 Å². The number of piperazine rings is 1. The van der Waals surface area contributed by atoms with Crippen molar-refractivity contribution in [1.82, 2.24) is 24.2 Å². The second-order valence-electron chi connectivity index (χ2n) is 8.03. The molecule has 4 heterocycles. The van der Waals surface area contributed by atoms with Crippen molar-refractivity contribution >= 4 is 22.5 Å². The maximum atomic E-state index is 12.7. The van der Waals surface area contributed by atoms with E-state index in [4.69, 9.17) is 0 Å². The van der Waals surface area contributed by atoms with Gasteiger partial charge < -0.3 is 9.88 Å². The van der Waals surface area contributed by atoms with E-state index in [2.05, 4.69) is 27.0 Å². The number of pyridine rings is 1. The van der Waals surface area contributed by atoms with Crippen LogP contribution in [0.3, 0.4) is 0 Å².